The summed E-state index contributed by atoms with van der Waals surface area (Å²) in [4.78, 5) is 0.898. The van der Waals surface area contributed by atoms with Crippen LogP contribution in [0, 0.1) is 0 Å². The summed E-state index contributed by atoms with van der Waals surface area (Å²) in [5.74, 6) is 0. The first kappa shape index (κ1) is 18.8. The largest absolute Gasteiger partial charge is 0.310 e. The Morgan fingerprint density at radius 3 is 1.69 bits per heavy atom. The zero-order chi connectivity index (χ0) is 43.0. The van der Waals surface area contributed by atoms with E-state index in [2.05, 4.69) is 0 Å². The normalized spacial score (nSPS) is 14.7. The van der Waals surface area contributed by atoms with Crippen LogP contribution in [0.1, 0.15) is 16.4 Å². The van der Waals surface area contributed by atoms with Crippen molar-refractivity contribution in [3.05, 3.63) is 200 Å². The first-order valence-electron chi connectivity index (χ1n) is 21.9. The summed E-state index contributed by atoms with van der Waals surface area (Å²) in [6, 6.07) is 31.0. The summed E-state index contributed by atoms with van der Waals surface area (Å²) in [6.07, 6.45) is 0. The summed E-state index contributed by atoms with van der Waals surface area (Å²) in [6.45, 7) is 0. The highest BCUT2D eigenvalue weighted by molar-refractivity contribution is 6.13. The molecule has 1 nitrogen and oxygen atoms in total. The molecule has 0 unspecified atom stereocenters. The number of hydrogen-bond acceptors (Lipinski definition) is 1. The number of anilines is 3. The smallest absolute Gasteiger partial charge is 0.0651 e. The van der Waals surface area contributed by atoms with Gasteiger partial charge in [-0.2, -0.15) is 0 Å². The molecule has 0 fully saturated rings. The Morgan fingerprint density at radius 1 is 0.347 bits per heavy atom. The summed E-state index contributed by atoms with van der Waals surface area (Å²) in [7, 11) is 0. The molecule has 230 valence electrons. The van der Waals surface area contributed by atoms with Gasteiger partial charge in [-0.3, -0.25) is 0 Å². The minimum atomic E-state index is -0.718. The first-order chi connectivity index (χ1) is 29.3. The number of fused-ring (bicyclic) bond motifs is 4. The number of nitrogens with zero attached hydrogens (tertiary/aromatic N) is 1. The van der Waals surface area contributed by atoms with E-state index >= 15 is 0 Å². The molecule has 0 aliphatic carbocycles. The van der Waals surface area contributed by atoms with E-state index in [-0.39, 0.29) is 16.7 Å². The molecule has 0 saturated carbocycles. The van der Waals surface area contributed by atoms with Crippen molar-refractivity contribution in [3.8, 4) is 33.4 Å². The van der Waals surface area contributed by atoms with Crippen molar-refractivity contribution in [2.24, 2.45) is 0 Å². The van der Waals surface area contributed by atoms with E-state index in [9.17, 15) is 13.7 Å². The van der Waals surface area contributed by atoms with Gasteiger partial charge in [0.25, 0.3) is 0 Å². The van der Waals surface area contributed by atoms with E-state index in [1.54, 1.807) is 54.6 Å². The maximum Gasteiger partial charge on any atom is 0.0651 e. The van der Waals surface area contributed by atoms with Crippen LogP contribution in [0.15, 0.2) is 200 Å². The van der Waals surface area contributed by atoms with E-state index in [1.807, 2.05) is 72.8 Å². The lowest BCUT2D eigenvalue weighted by Crippen LogP contribution is -2.10. The Bertz CT molecular complexity index is 3230. The van der Waals surface area contributed by atoms with Crippen molar-refractivity contribution in [1.82, 2.24) is 0 Å². The predicted octanol–water partition coefficient (Wildman–Crippen LogP) is 13.6. The molecule has 0 aliphatic rings. The Morgan fingerprint density at radius 2 is 0.939 bits per heavy atom. The van der Waals surface area contributed by atoms with E-state index in [4.69, 9.17) is 2.74 Å². The molecule has 0 saturated heterocycles. The van der Waals surface area contributed by atoms with Gasteiger partial charge in [0.2, 0.25) is 0 Å². The highest BCUT2D eigenvalue weighted by Gasteiger charge is 2.16. The van der Waals surface area contributed by atoms with Crippen LogP contribution in [0.4, 0.5) is 17.1 Å². The fourth-order valence-corrected chi connectivity index (χ4v) is 6.34. The number of hydrogen-bond donors (Lipinski definition) is 0. The minimum Gasteiger partial charge on any atom is -0.310 e. The zero-order valence-electron chi connectivity index (χ0n) is 38.1. The summed E-state index contributed by atoms with van der Waals surface area (Å²) in [5, 5.41) is 4.64. The van der Waals surface area contributed by atoms with Crippen LogP contribution in [0.3, 0.4) is 0 Å². The molecule has 1 heteroatoms. The molecule has 0 atom stereocenters. The molecule has 9 aromatic rings. The van der Waals surface area contributed by atoms with Crippen molar-refractivity contribution in [1.29, 1.82) is 0 Å². The molecule has 49 heavy (non-hydrogen) atoms. The van der Waals surface area contributed by atoms with E-state index in [1.165, 1.54) is 0 Å². The summed E-state index contributed by atoms with van der Waals surface area (Å²) >= 11 is 0. The minimum absolute atomic E-state index is 0.0315. The quantitative estimate of drug-likeness (QED) is 0.164. The van der Waals surface area contributed by atoms with Crippen LogP contribution in [0.5, 0.6) is 0 Å². The number of rotatable bonds is 6. The van der Waals surface area contributed by atoms with Crippen LogP contribution in [0.25, 0.3) is 65.7 Å². The highest BCUT2D eigenvalue weighted by Crippen LogP contribution is 2.41. The van der Waals surface area contributed by atoms with Crippen molar-refractivity contribution in [2.75, 3.05) is 4.90 Å². The van der Waals surface area contributed by atoms with E-state index in [0.29, 0.717) is 27.5 Å². The maximum atomic E-state index is 9.79. The van der Waals surface area contributed by atoms with Gasteiger partial charge in [0, 0.05) is 17.1 Å². The van der Waals surface area contributed by atoms with Crippen molar-refractivity contribution >= 4 is 49.4 Å². The van der Waals surface area contributed by atoms with Gasteiger partial charge in [0.1, 0.15) is 0 Å². The van der Waals surface area contributed by atoms with Gasteiger partial charge in [-0.1, -0.05) is 158 Å². The van der Waals surface area contributed by atoms with Crippen LogP contribution < -0.4 is 4.90 Å². The Balaban J connectivity index is 1.41. The fourth-order valence-electron chi connectivity index (χ4n) is 6.34. The Labute approximate surface area is 303 Å². The van der Waals surface area contributed by atoms with Gasteiger partial charge in [-0.15, -0.1) is 0 Å². The molecular formula is C48H33N. The maximum absolute atomic E-state index is 9.79. The second-order valence-electron chi connectivity index (χ2n) is 11.6. The molecule has 0 radical (unpaired) electrons. The third-order valence-electron chi connectivity index (χ3n) is 8.67. The summed E-state index contributed by atoms with van der Waals surface area (Å²) in [5.41, 5.74) is -0.577. The average Bonchev–Trinajstić information content (AvgIpc) is 3.27. The second-order valence-corrected chi connectivity index (χ2v) is 11.6. The van der Waals surface area contributed by atoms with Crippen LogP contribution in [-0.4, -0.2) is 0 Å². The molecule has 9 aromatic carbocycles. The van der Waals surface area contributed by atoms with Crippen LogP contribution >= 0.6 is 0 Å². The SMILES string of the molecule is [2H]c1c([2H])c(-c2cccc3ccccc23)c([2H])c(N(c2c([2H])c([2H])c(-c3ccccc3)c([2H])c2[2H])c2c([2H])c([2H])c(-c3cc4ccccc4c4ccccc34)c([2H])c2[2H])c1[2H]. The van der Waals surface area contributed by atoms with Gasteiger partial charge >= 0.3 is 0 Å². The third-order valence-corrected chi connectivity index (χ3v) is 8.67. The average molecular weight is 636 g/mol. The Kier molecular flexibility index (Phi) is 4.71. The molecule has 0 heterocycles. The molecular weight excluding hydrogens is 591 g/mol. The molecule has 0 aliphatic heterocycles. The van der Waals surface area contributed by atoms with Crippen molar-refractivity contribution in [2.45, 2.75) is 0 Å². The molecule has 0 bridgehead atoms. The summed E-state index contributed by atoms with van der Waals surface area (Å²) < 4.78 is 113. The third kappa shape index (κ3) is 5.32. The standard InChI is InChI=1S/C48H33N/c1-2-12-34(13-3-1)35-24-28-40(29-25-35)49(42-18-10-17-38(32-42)44-23-11-16-36-14-4-6-19-43(36)44)41-30-26-37(27-31-41)48-33-39-15-5-7-20-45(39)46-21-8-9-22-47(46)48/h1-33H/i10D,17D,18D,24D,25D,26D,27D,28D,29D,30D,31D,32D. The fraction of sp³-hybridized carbons (Fsp3) is 0. The van der Waals surface area contributed by atoms with Gasteiger partial charge in [-0.25, -0.2) is 0 Å². The zero-order valence-corrected chi connectivity index (χ0v) is 26.1. The molecule has 0 N–H and O–H groups in total. The van der Waals surface area contributed by atoms with E-state index < -0.39 is 89.6 Å². The van der Waals surface area contributed by atoms with Crippen molar-refractivity contribution in [3.63, 3.8) is 0 Å². The molecule has 0 spiro atoms. The lowest BCUT2D eigenvalue weighted by atomic mass is 9.93. The van der Waals surface area contributed by atoms with E-state index in [0.717, 1.165) is 26.4 Å². The topological polar surface area (TPSA) is 3.24 Å². The van der Waals surface area contributed by atoms with Crippen LogP contribution in [-0.2, 0) is 0 Å². The number of benzene rings is 9. The van der Waals surface area contributed by atoms with Crippen LogP contribution in [0.2, 0.25) is 0 Å². The Hall–Kier alpha value is -6.44. The van der Waals surface area contributed by atoms with Gasteiger partial charge in [0.05, 0.1) is 16.4 Å². The van der Waals surface area contributed by atoms with Gasteiger partial charge < -0.3 is 4.90 Å². The lowest BCUT2D eigenvalue weighted by Gasteiger charge is -2.26. The predicted molar refractivity (Wildman–Crippen MR) is 210 cm³/mol. The van der Waals surface area contributed by atoms with Gasteiger partial charge in [0.15, 0.2) is 0 Å². The second kappa shape index (κ2) is 12.3. The first-order valence-corrected chi connectivity index (χ1v) is 15.9. The lowest BCUT2D eigenvalue weighted by molar-refractivity contribution is 1.28. The monoisotopic (exact) mass is 635 g/mol. The van der Waals surface area contributed by atoms with Crippen molar-refractivity contribution < 1.29 is 16.4 Å². The molecule has 9 rings (SSSR count). The highest BCUT2D eigenvalue weighted by atomic mass is 15.1. The molecule has 0 amide bonds. The molecule has 0 aromatic heterocycles. The van der Waals surface area contributed by atoms with Gasteiger partial charge in [-0.05, 0) is 108 Å².